The van der Waals surface area contributed by atoms with Gasteiger partial charge < -0.3 is 20.6 Å². The molecule has 5 heteroatoms. The van der Waals surface area contributed by atoms with E-state index in [2.05, 4.69) is 58.9 Å². The summed E-state index contributed by atoms with van der Waals surface area (Å²) >= 11 is 0. The molecule has 0 heterocycles. The molecule has 0 aliphatic rings. The summed E-state index contributed by atoms with van der Waals surface area (Å²) in [6.07, 6.45) is 0. The average molecular weight is 369 g/mol. The Morgan fingerprint density at radius 1 is 1.04 bits per heavy atom. The molecule has 27 heavy (non-hydrogen) atoms. The Labute approximate surface area is 163 Å². The molecular weight excluding hydrogens is 336 g/mol. The van der Waals surface area contributed by atoms with E-state index in [0.29, 0.717) is 19.0 Å². The number of aliphatic hydroxyl groups is 1. The van der Waals surface area contributed by atoms with Crippen molar-refractivity contribution in [3.8, 4) is 0 Å². The number of hydrogen-bond acceptors (Lipinski definition) is 3. The third-order valence-corrected chi connectivity index (χ3v) is 4.25. The second kappa shape index (κ2) is 10.1. The number of hydrogen-bond donors (Lipinski definition) is 3. The summed E-state index contributed by atoms with van der Waals surface area (Å²) in [5, 5.41) is 17.3. The third kappa shape index (κ3) is 7.04. The lowest BCUT2D eigenvalue weighted by atomic mass is 9.96. The number of nitrogens with one attached hydrogen (secondary N) is 2. The molecule has 2 aromatic carbocycles. The van der Waals surface area contributed by atoms with Crippen molar-refractivity contribution in [2.45, 2.75) is 32.5 Å². The Balaban J connectivity index is 2.02. The summed E-state index contributed by atoms with van der Waals surface area (Å²) in [6.45, 7) is 6.48. The standard InChI is InChI=1S/C22H32N4O/c1-5-23-21(25-17-22(2,27)20-12-7-6-8-13-20)24-15-18-10-9-11-19(14-18)16-26(3)4/h6-14,27H,5,15-17H2,1-4H3,(H2,23,24,25). The summed E-state index contributed by atoms with van der Waals surface area (Å²) < 4.78 is 0. The summed E-state index contributed by atoms with van der Waals surface area (Å²) in [7, 11) is 4.13. The van der Waals surface area contributed by atoms with Crippen LogP contribution in [0.2, 0.25) is 0 Å². The van der Waals surface area contributed by atoms with Crippen LogP contribution in [0.3, 0.4) is 0 Å². The van der Waals surface area contributed by atoms with Crippen molar-refractivity contribution in [2.24, 2.45) is 4.99 Å². The van der Waals surface area contributed by atoms with Gasteiger partial charge >= 0.3 is 0 Å². The molecule has 2 aromatic rings. The third-order valence-electron chi connectivity index (χ3n) is 4.25. The maximum absolute atomic E-state index is 10.8. The summed E-state index contributed by atoms with van der Waals surface area (Å²) in [5.41, 5.74) is 2.35. The number of aliphatic imine (C=N–C) groups is 1. The highest BCUT2D eigenvalue weighted by atomic mass is 16.3. The molecule has 0 spiro atoms. The van der Waals surface area contributed by atoms with E-state index >= 15 is 0 Å². The first-order valence-corrected chi connectivity index (χ1v) is 9.43. The summed E-state index contributed by atoms with van der Waals surface area (Å²) in [5.74, 6) is 0.701. The van der Waals surface area contributed by atoms with Crippen LogP contribution < -0.4 is 10.6 Å². The predicted octanol–water partition coefficient (Wildman–Crippen LogP) is 2.71. The fourth-order valence-electron chi connectivity index (χ4n) is 2.86. The SMILES string of the molecule is CCNC(=NCc1cccc(CN(C)C)c1)NCC(C)(O)c1ccccc1. The molecule has 3 N–H and O–H groups in total. The van der Waals surface area contributed by atoms with E-state index < -0.39 is 5.60 Å². The Bertz CT molecular complexity index is 726. The van der Waals surface area contributed by atoms with Crippen molar-refractivity contribution in [2.75, 3.05) is 27.2 Å². The second-order valence-electron chi connectivity index (χ2n) is 7.25. The van der Waals surface area contributed by atoms with E-state index in [1.807, 2.05) is 44.2 Å². The quantitative estimate of drug-likeness (QED) is 0.495. The number of benzene rings is 2. The molecule has 0 radical (unpaired) electrons. The highest BCUT2D eigenvalue weighted by Crippen LogP contribution is 2.18. The van der Waals surface area contributed by atoms with E-state index in [9.17, 15) is 5.11 Å². The van der Waals surface area contributed by atoms with Crippen LogP contribution in [-0.2, 0) is 18.7 Å². The van der Waals surface area contributed by atoms with Gasteiger partial charge in [0.05, 0.1) is 13.1 Å². The molecule has 1 atom stereocenters. The lowest BCUT2D eigenvalue weighted by Crippen LogP contribution is -2.44. The summed E-state index contributed by atoms with van der Waals surface area (Å²) in [4.78, 5) is 6.82. The van der Waals surface area contributed by atoms with Gasteiger partial charge in [-0.2, -0.15) is 0 Å². The van der Waals surface area contributed by atoms with Crippen LogP contribution >= 0.6 is 0 Å². The molecular formula is C22H32N4O. The predicted molar refractivity (Wildman–Crippen MR) is 113 cm³/mol. The molecule has 0 fully saturated rings. The topological polar surface area (TPSA) is 59.9 Å². The van der Waals surface area contributed by atoms with Crippen LogP contribution in [0, 0.1) is 0 Å². The van der Waals surface area contributed by atoms with Crippen LogP contribution in [0.15, 0.2) is 59.6 Å². The zero-order valence-corrected chi connectivity index (χ0v) is 16.9. The first kappa shape index (κ1) is 20.9. The highest BCUT2D eigenvalue weighted by molar-refractivity contribution is 5.79. The molecule has 0 aromatic heterocycles. The zero-order valence-electron chi connectivity index (χ0n) is 16.9. The molecule has 5 nitrogen and oxygen atoms in total. The summed E-state index contributed by atoms with van der Waals surface area (Å²) in [6, 6.07) is 18.2. The van der Waals surface area contributed by atoms with E-state index in [4.69, 9.17) is 0 Å². The van der Waals surface area contributed by atoms with Gasteiger partial charge in [0.2, 0.25) is 0 Å². The molecule has 0 aliphatic heterocycles. The van der Waals surface area contributed by atoms with Crippen molar-refractivity contribution in [1.29, 1.82) is 0 Å². The van der Waals surface area contributed by atoms with E-state index in [1.165, 1.54) is 11.1 Å². The minimum absolute atomic E-state index is 0.378. The second-order valence-corrected chi connectivity index (χ2v) is 7.25. The van der Waals surface area contributed by atoms with Crippen molar-refractivity contribution in [3.05, 3.63) is 71.3 Å². The molecule has 0 aliphatic carbocycles. The lowest BCUT2D eigenvalue weighted by molar-refractivity contribution is 0.0617. The molecule has 1 unspecified atom stereocenters. The van der Waals surface area contributed by atoms with E-state index in [1.54, 1.807) is 0 Å². The van der Waals surface area contributed by atoms with Gasteiger partial charge in [0.15, 0.2) is 5.96 Å². The highest BCUT2D eigenvalue weighted by Gasteiger charge is 2.22. The Morgan fingerprint density at radius 2 is 1.74 bits per heavy atom. The van der Waals surface area contributed by atoms with Gasteiger partial charge in [-0.25, -0.2) is 4.99 Å². The van der Waals surface area contributed by atoms with Crippen LogP contribution in [0.1, 0.15) is 30.5 Å². The Morgan fingerprint density at radius 3 is 2.41 bits per heavy atom. The van der Waals surface area contributed by atoms with Gasteiger partial charge in [-0.15, -0.1) is 0 Å². The minimum Gasteiger partial charge on any atom is -0.384 e. The lowest BCUT2D eigenvalue weighted by Gasteiger charge is -2.25. The Hall–Kier alpha value is -2.37. The van der Waals surface area contributed by atoms with Crippen LogP contribution in [0.5, 0.6) is 0 Å². The maximum Gasteiger partial charge on any atom is 0.191 e. The van der Waals surface area contributed by atoms with Crippen molar-refractivity contribution in [1.82, 2.24) is 15.5 Å². The van der Waals surface area contributed by atoms with Gasteiger partial charge in [0.25, 0.3) is 0 Å². The normalized spacial score (nSPS) is 14.1. The minimum atomic E-state index is -0.969. The fraction of sp³-hybridized carbons (Fsp3) is 0.409. The van der Waals surface area contributed by atoms with Crippen molar-refractivity contribution < 1.29 is 5.11 Å². The van der Waals surface area contributed by atoms with E-state index in [0.717, 1.165) is 18.7 Å². The molecule has 0 amide bonds. The zero-order chi connectivity index (χ0) is 19.7. The number of guanidine groups is 1. The number of rotatable bonds is 8. The first-order valence-electron chi connectivity index (χ1n) is 9.43. The monoisotopic (exact) mass is 368 g/mol. The smallest absolute Gasteiger partial charge is 0.191 e. The van der Waals surface area contributed by atoms with Gasteiger partial charge in [0.1, 0.15) is 5.60 Å². The molecule has 0 saturated heterocycles. The maximum atomic E-state index is 10.8. The van der Waals surface area contributed by atoms with Crippen LogP contribution in [-0.4, -0.2) is 43.2 Å². The number of nitrogens with zero attached hydrogens (tertiary/aromatic N) is 2. The van der Waals surface area contributed by atoms with Crippen LogP contribution in [0.4, 0.5) is 0 Å². The van der Waals surface area contributed by atoms with Gasteiger partial charge in [-0.3, -0.25) is 0 Å². The largest absolute Gasteiger partial charge is 0.384 e. The van der Waals surface area contributed by atoms with Gasteiger partial charge in [0, 0.05) is 13.1 Å². The Kier molecular flexibility index (Phi) is 7.82. The fourth-order valence-corrected chi connectivity index (χ4v) is 2.86. The molecule has 0 saturated carbocycles. The average Bonchev–Trinajstić information content (AvgIpc) is 2.64. The van der Waals surface area contributed by atoms with Crippen molar-refractivity contribution in [3.63, 3.8) is 0 Å². The van der Waals surface area contributed by atoms with Crippen LogP contribution in [0.25, 0.3) is 0 Å². The van der Waals surface area contributed by atoms with E-state index in [-0.39, 0.29) is 0 Å². The van der Waals surface area contributed by atoms with Gasteiger partial charge in [-0.1, -0.05) is 54.6 Å². The molecule has 2 rings (SSSR count). The van der Waals surface area contributed by atoms with Gasteiger partial charge in [-0.05, 0) is 44.6 Å². The molecule has 0 bridgehead atoms. The first-order chi connectivity index (χ1) is 12.9. The van der Waals surface area contributed by atoms with Crippen molar-refractivity contribution >= 4 is 5.96 Å². The molecule has 146 valence electrons.